The second-order valence-electron chi connectivity index (χ2n) is 2.19. The molecular weight excluding hydrogens is 140 g/mol. The minimum absolute atomic E-state index is 0.0727. The highest BCUT2D eigenvalue weighted by Crippen LogP contribution is 2.23. The number of pyridine rings is 1. The van der Waals surface area contributed by atoms with Crippen LogP contribution in [0.2, 0.25) is 0 Å². The number of anilines is 1. The van der Waals surface area contributed by atoms with Gasteiger partial charge in [-0.2, -0.15) is 0 Å². The third kappa shape index (κ3) is 1.10. The summed E-state index contributed by atoms with van der Waals surface area (Å²) < 4.78 is 0. The van der Waals surface area contributed by atoms with Gasteiger partial charge in [0.25, 0.3) is 0 Å². The maximum absolute atomic E-state index is 9.25. The number of aromatic nitrogens is 1. The Hall–Kier alpha value is -1.69. The summed E-state index contributed by atoms with van der Waals surface area (Å²) in [7, 11) is 0. The van der Waals surface area contributed by atoms with Gasteiger partial charge in [-0.3, -0.25) is 0 Å². The summed E-state index contributed by atoms with van der Waals surface area (Å²) >= 11 is 0. The number of rotatable bonds is 0. The molecule has 1 aromatic heterocycles. The van der Waals surface area contributed by atoms with Gasteiger partial charge < -0.3 is 10.8 Å². The van der Waals surface area contributed by atoms with E-state index in [4.69, 9.17) is 12.2 Å². The van der Waals surface area contributed by atoms with Gasteiger partial charge in [-0.05, 0) is 12.5 Å². The predicted octanol–water partition coefficient (Wildman–Crippen LogP) is 0.659. The highest BCUT2D eigenvalue weighted by molar-refractivity contribution is 5.58. The third-order valence-corrected chi connectivity index (χ3v) is 1.42. The van der Waals surface area contributed by atoms with Crippen LogP contribution in [0.25, 0.3) is 0 Å². The van der Waals surface area contributed by atoms with Crippen LogP contribution >= 0.6 is 0 Å². The fourth-order valence-electron chi connectivity index (χ4n) is 0.789. The lowest BCUT2D eigenvalue weighted by Crippen LogP contribution is -1.94. The second kappa shape index (κ2) is 2.51. The molecule has 0 fully saturated rings. The van der Waals surface area contributed by atoms with Gasteiger partial charge >= 0.3 is 0 Å². The van der Waals surface area contributed by atoms with E-state index < -0.39 is 0 Å². The number of terminal acetylenes is 1. The van der Waals surface area contributed by atoms with Crippen LogP contribution in [-0.2, 0) is 0 Å². The van der Waals surface area contributed by atoms with Crippen molar-refractivity contribution in [3.8, 4) is 18.1 Å². The van der Waals surface area contributed by atoms with Crippen LogP contribution in [0.5, 0.6) is 5.75 Å². The lowest BCUT2D eigenvalue weighted by Gasteiger charge is -2.02. The Kier molecular flexibility index (Phi) is 1.69. The molecule has 0 saturated heterocycles. The topological polar surface area (TPSA) is 59.1 Å². The van der Waals surface area contributed by atoms with Crippen molar-refractivity contribution in [2.45, 2.75) is 6.92 Å². The van der Waals surface area contributed by atoms with Crippen molar-refractivity contribution in [2.75, 3.05) is 5.73 Å². The summed E-state index contributed by atoms with van der Waals surface area (Å²) in [5.74, 6) is 2.30. The first-order valence-corrected chi connectivity index (χ1v) is 3.07. The van der Waals surface area contributed by atoms with Crippen LogP contribution in [0, 0.1) is 19.3 Å². The SMILES string of the molecule is C#Cc1c(C)cnc(N)c1O. The molecule has 0 aromatic carbocycles. The Bertz CT molecular complexity index is 326. The normalized spacial score (nSPS) is 9.09. The van der Waals surface area contributed by atoms with Gasteiger partial charge in [-0.15, -0.1) is 6.42 Å². The fraction of sp³-hybridized carbons (Fsp3) is 0.125. The van der Waals surface area contributed by atoms with Crippen molar-refractivity contribution in [1.82, 2.24) is 4.98 Å². The molecule has 0 aliphatic carbocycles. The Labute approximate surface area is 64.9 Å². The molecule has 0 bridgehead atoms. The third-order valence-electron chi connectivity index (χ3n) is 1.42. The zero-order chi connectivity index (χ0) is 8.43. The molecule has 11 heavy (non-hydrogen) atoms. The average Bonchev–Trinajstić information content (AvgIpc) is 1.99. The van der Waals surface area contributed by atoms with Crippen molar-refractivity contribution < 1.29 is 5.11 Å². The van der Waals surface area contributed by atoms with E-state index in [9.17, 15) is 5.11 Å². The minimum Gasteiger partial charge on any atom is -0.503 e. The Morgan fingerprint density at radius 3 is 2.82 bits per heavy atom. The highest BCUT2D eigenvalue weighted by Gasteiger charge is 2.05. The van der Waals surface area contributed by atoms with Crippen LogP contribution < -0.4 is 5.73 Å². The minimum atomic E-state index is -0.104. The Morgan fingerprint density at radius 1 is 1.73 bits per heavy atom. The highest BCUT2D eigenvalue weighted by atomic mass is 16.3. The molecule has 3 heteroatoms. The summed E-state index contributed by atoms with van der Waals surface area (Å²) in [6.45, 7) is 1.77. The van der Waals surface area contributed by atoms with Crippen LogP contribution in [0.1, 0.15) is 11.1 Å². The lowest BCUT2D eigenvalue weighted by atomic mass is 10.1. The summed E-state index contributed by atoms with van der Waals surface area (Å²) in [5.41, 5.74) is 6.47. The van der Waals surface area contributed by atoms with Crippen molar-refractivity contribution in [1.29, 1.82) is 0 Å². The number of hydrogen-bond acceptors (Lipinski definition) is 3. The molecule has 0 unspecified atom stereocenters. The van der Waals surface area contributed by atoms with Crippen molar-refractivity contribution in [3.63, 3.8) is 0 Å². The van der Waals surface area contributed by atoms with E-state index in [1.54, 1.807) is 6.92 Å². The molecule has 0 aliphatic rings. The van der Waals surface area contributed by atoms with Crippen molar-refractivity contribution in [2.24, 2.45) is 0 Å². The van der Waals surface area contributed by atoms with E-state index in [2.05, 4.69) is 10.9 Å². The van der Waals surface area contributed by atoms with Gasteiger partial charge in [0.2, 0.25) is 0 Å². The largest absolute Gasteiger partial charge is 0.503 e. The Balaban J connectivity index is 3.44. The molecule has 0 saturated carbocycles. The van der Waals surface area contributed by atoms with Gasteiger partial charge in [-0.25, -0.2) is 4.98 Å². The quantitative estimate of drug-likeness (QED) is 0.531. The predicted molar refractivity (Wildman–Crippen MR) is 43.0 cm³/mol. The van der Waals surface area contributed by atoms with Gasteiger partial charge in [0.1, 0.15) is 0 Å². The molecule has 3 nitrogen and oxygen atoms in total. The molecule has 0 spiro atoms. The molecule has 3 N–H and O–H groups in total. The first-order valence-electron chi connectivity index (χ1n) is 3.07. The molecule has 1 rings (SSSR count). The number of aryl methyl sites for hydroxylation is 1. The standard InChI is InChI=1S/C8H8N2O/c1-3-6-5(2)4-10-8(9)7(6)11/h1,4,11H,2H3,(H2,9,10). The maximum Gasteiger partial charge on any atom is 0.174 e. The number of aromatic hydroxyl groups is 1. The summed E-state index contributed by atoms with van der Waals surface area (Å²) in [6, 6.07) is 0. The Morgan fingerprint density at radius 2 is 2.36 bits per heavy atom. The summed E-state index contributed by atoms with van der Waals surface area (Å²) in [5, 5.41) is 9.25. The van der Waals surface area contributed by atoms with Gasteiger partial charge in [0.15, 0.2) is 11.6 Å². The zero-order valence-corrected chi connectivity index (χ0v) is 6.13. The van der Waals surface area contributed by atoms with Gasteiger partial charge in [0.05, 0.1) is 5.56 Å². The monoisotopic (exact) mass is 148 g/mol. The number of hydrogen-bond donors (Lipinski definition) is 2. The summed E-state index contributed by atoms with van der Waals surface area (Å²) in [4.78, 5) is 3.72. The molecule has 0 atom stereocenters. The van der Waals surface area contributed by atoms with E-state index in [1.165, 1.54) is 6.20 Å². The van der Waals surface area contributed by atoms with E-state index in [-0.39, 0.29) is 11.6 Å². The zero-order valence-electron chi connectivity index (χ0n) is 6.13. The van der Waals surface area contributed by atoms with Gasteiger partial charge in [0, 0.05) is 6.20 Å². The maximum atomic E-state index is 9.25. The first kappa shape index (κ1) is 7.42. The molecule has 0 aliphatic heterocycles. The summed E-state index contributed by atoms with van der Waals surface area (Å²) in [6.07, 6.45) is 6.66. The van der Waals surface area contributed by atoms with Crippen LogP contribution in [0.3, 0.4) is 0 Å². The molecule has 0 radical (unpaired) electrons. The molecule has 1 heterocycles. The smallest absolute Gasteiger partial charge is 0.174 e. The van der Waals surface area contributed by atoms with Crippen molar-refractivity contribution in [3.05, 3.63) is 17.3 Å². The lowest BCUT2D eigenvalue weighted by molar-refractivity contribution is 0.473. The number of nitrogens with zero attached hydrogens (tertiary/aromatic N) is 1. The van der Waals surface area contributed by atoms with E-state index in [0.717, 1.165) is 5.56 Å². The molecule has 1 aromatic rings. The fourth-order valence-corrected chi connectivity index (χ4v) is 0.789. The average molecular weight is 148 g/mol. The number of nitrogen functional groups attached to an aromatic ring is 1. The van der Waals surface area contributed by atoms with Crippen LogP contribution in [0.4, 0.5) is 5.82 Å². The van der Waals surface area contributed by atoms with Crippen LogP contribution in [-0.4, -0.2) is 10.1 Å². The van der Waals surface area contributed by atoms with E-state index in [1.807, 2.05) is 0 Å². The number of nitrogens with two attached hydrogens (primary N) is 1. The molecular formula is C8H8N2O. The van der Waals surface area contributed by atoms with Crippen LogP contribution in [0.15, 0.2) is 6.20 Å². The van der Waals surface area contributed by atoms with E-state index in [0.29, 0.717) is 5.56 Å². The van der Waals surface area contributed by atoms with Crippen molar-refractivity contribution >= 4 is 5.82 Å². The second-order valence-corrected chi connectivity index (χ2v) is 2.19. The first-order chi connectivity index (χ1) is 5.16. The van der Waals surface area contributed by atoms with E-state index >= 15 is 0 Å². The molecule has 56 valence electrons. The van der Waals surface area contributed by atoms with Gasteiger partial charge in [-0.1, -0.05) is 5.92 Å². The molecule has 0 amide bonds.